The summed E-state index contributed by atoms with van der Waals surface area (Å²) in [6.07, 6.45) is 5.53. The molecule has 1 saturated carbocycles. The standard InChI is InChI=1S/C19H31N3O2S/c1-2-12-21-13-15-22(16-14-21)19-11-7-6-10-18(19)20-25(23,24)17-8-4-3-5-9-17/h3-5,8-9,18-20H,2,6-7,10-16H2,1H3/t18-,19+/m0/s1. The predicted octanol–water partition coefficient (Wildman–Crippen LogP) is 2.30. The van der Waals surface area contributed by atoms with Gasteiger partial charge in [0.15, 0.2) is 0 Å². The average molecular weight is 366 g/mol. The molecule has 2 atom stereocenters. The third kappa shape index (κ3) is 4.82. The Balaban J connectivity index is 1.65. The lowest BCUT2D eigenvalue weighted by Gasteiger charge is -2.44. The molecule has 6 heteroatoms. The number of rotatable bonds is 6. The lowest BCUT2D eigenvalue weighted by atomic mass is 9.89. The van der Waals surface area contributed by atoms with E-state index in [4.69, 9.17) is 0 Å². The van der Waals surface area contributed by atoms with Gasteiger partial charge in [0.25, 0.3) is 0 Å². The molecule has 0 bridgehead atoms. The summed E-state index contributed by atoms with van der Waals surface area (Å²) in [5, 5.41) is 0. The van der Waals surface area contributed by atoms with Gasteiger partial charge < -0.3 is 4.90 Å². The Kier molecular flexibility index (Phi) is 6.49. The molecule has 2 fully saturated rings. The van der Waals surface area contributed by atoms with Crippen LogP contribution in [0.3, 0.4) is 0 Å². The van der Waals surface area contributed by atoms with E-state index in [1.165, 1.54) is 19.4 Å². The van der Waals surface area contributed by atoms with Crippen molar-refractivity contribution in [1.29, 1.82) is 0 Å². The van der Waals surface area contributed by atoms with Gasteiger partial charge in [-0.1, -0.05) is 38.0 Å². The van der Waals surface area contributed by atoms with Crippen LogP contribution in [-0.4, -0.2) is 63.0 Å². The first kappa shape index (κ1) is 18.8. The van der Waals surface area contributed by atoms with Gasteiger partial charge in [0, 0.05) is 38.3 Å². The van der Waals surface area contributed by atoms with Crippen molar-refractivity contribution >= 4 is 10.0 Å². The van der Waals surface area contributed by atoms with Crippen molar-refractivity contribution in [3.05, 3.63) is 30.3 Å². The normalized spacial score (nSPS) is 26.6. The van der Waals surface area contributed by atoms with E-state index in [0.29, 0.717) is 10.9 Å². The summed E-state index contributed by atoms with van der Waals surface area (Å²) in [5.74, 6) is 0. The number of nitrogens with one attached hydrogen (secondary N) is 1. The first-order chi connectivity index (χ1) is 12.1. The van der Waals surface area contributed by atoms with Gasteiger partial charge in [-0.3, -0.25) is 4.90 Å². The van der Waals surface area contributed by atoms with Crippen LogP contribution in [0.1, 0.15) is 39.0 Å². The lowest BCUT2D eigenvalue weighted by Crippen LogP contribution is -2.58. The second kappa shape index (κ2) is 8.62. The maximum atomic E-state index is 12.7. The van der Waals surface area contributed by atoms with Gasteiger partial charge in [0.05, 0.1) is 4.90 Å². The molecule has 1 aliphatic heterocycles. The second-order valence-electron chi connectivity index (χ2n) is 7.27. The lowest BCUT2D eigenvalue weighted by molar-refractivity contribution is 0.0663. The van der Waals surface area contributed by atoms with Gasteiger partial charge in [-0.25, -0.2) is 13.1 Å². The number of benzene rings is 1. The third-order valence-corrected chi connectivity index (χ3v) is 7.01. The third-order valence-electron chi connectivity index (χ3n) is 5.51. The predicted molar refractivity (Wildman–Crippen MR) is 101 cm³/mol. The molecular weight excluding hydrogens is 334 g/mol. The van der Waals surface area contributed by atoms with Crippen LogP contribution in [0.4, 0.5) is 0 Å². The van der Waals surface area contributed by atoms with Crippen LogP contribution in [0.25, 0.3) is 0 Å². The molecule has 3 rings (SSSR count). The summed E-state index contributed by atoms with van der Waals surface area (Å²) in [6, 6.07) is 9.10. The molecule has 0 amide bonds. The quantitative estimate of drug-likeness (QED) is 0.840. The van der Waals surface area contributed by atoms with E-state index in [2.05, 4.69) is 21.4 Å². The zero-order valence-electron chi connectivity index (χ0n) is 15.2. The Morgan fingerprint density at radius 2 is 1.72 bits per heavy atom. The Morgan fingerprint density at radius 3 is 2.40 bits per heavy atom. The summed E-state index contributed by atoms with van der Waals surface area (Å²) >= 11 is 0. The highest BCUT2D eigenvalue weighted by Gasteiger charge is 2.34. The van der Waals surface area contributed by atoms with Crippen molar-refractivity contribution in [3.8, 4) is 0 Å². The molecule has 1 saturated heterocycles. The van der Waals surface area contributed by atoms with Crippen molar-refractivity contribution in [2.24, 2.45) is 0 Å². The SMILES string of the molecule is CCCN1CCN([C@@H]2CCCC[C@@H]2NS(=O)(=O)c2ccccc2)CC1. The fraction of sp³-hybridized carbons (Fsp3) is 0.684. The molecule has 0 unspecified atom stereocenters. The summed E-state index contributed by atoms with van der Waals surface area (Å²) in [5.41, 5.74) is 0. The molecule has 25 heavy (non-hydrogen) atoms. The van der Waals surface area contributed by atoms with Gasteiger partial charge in [-0.2, -0.15) is 0 Å². The molecule has 1 heterocycles. The molecule has 2 aliphatic rings. The van der Waals surface area contributed by atoms with E-state index < -0.39 is 10.0 Å². The Bertz CT molecular complexity index is 627. The van der Waals surface area contributed by atoms with Crippen LogP contribution in [0, 0.1) is 0 Å². The summed E-state index contributed by atoms with van der Waals surface area (Å²) in [4.78, 5) is 5.40. The van der Waals surface area contributed by atoms with Crippen LogP contribution in [0.2, 0.25) is 0 Å². The van der Waals surface area contributed by atoms with Crippen molar-refractivity contribution in [2.45, 2.75) is 56.0 Å². The molecule has 0 spiro atoms. The smallest absolute Gasteiger partial charge is 0.240 e. The molecule has 140 valence electrons. The van der Waals surface area contributed by atoms with Crippen molar-refractivity contribution in [1.82, 2.24) is 14.5 Å². The van der Waals surface area contributed by atoms with Crippen molar-refractivity contribution in [2.75, 3.05) is 32.7 Å². The summed E-state index contributed by atoms with van der Waals surface area (Å²) in [7, 11) is -3.44. The molecule has 0 aromatic heterocycles. The zero-order chi connectivity index (χ0) is 17.7. The highest BCUT2D eigenvalue weighted by Crippen LogP contribution is 2.26. The van der Waals surface area contributed by atoms with Gasteiger partial charge >= 0.3 is 0 Å². The maximum Gasteiger partial charge on any atom is 0.240 e. The number of hydrogen-bond donors (Lipinski definition) is 1. The highest BCUT2D eigenvalue weighted by molar-refractivity contribution is 7.89. The van der Waals surface area contributed by atoms with Crippen molar-refractivity contribution < 1.29 is 8.42 Å². The molecule has 0 radical (unpaired) electrons. The molecule has 5 nitrogen and oxygen atoms in total. The van der Waals surface area contributed by atoms with E-state index in [0.717, 1.165) is 45.4 Å². The topological polar surface area (TPSA) is 52.6 Å². The Morgan fingerprint density at radius 1 is 1.04 bits per heavy atom. The minimum Gasteiger partial charge on any atom is -0.301 e. The Hall–Kier alpha value is -0.950. The molecule has 1 aromatic rings. The number of hydrogen-bond acceptors (Lipinski definition) is 4. The van der Waals surface area contributed by atoms with Crippen LogP contribution in [-0.2, 0) is 10.0 Å². The molecule has 1 aromatic carbocycles. The fourth-order valence-corrected chi connectivity index (χ4v) is 5.51. The first-order valence-electron chi connectivity index (χ1n) is 9.64. The summed E-state index contributed by atoms with van der Waals surface area (Å²) in [6.45, 7) is 7.69. The van der Waals surface area contributed by atoms with E-state index in [1.54, 1.807) is 24.3 Å². The molecule has 1 N–H and O–H groups in total. The van der Waals surface area contributed by atoms with Gasteiger partial charge in [-0.05, 0) is 37.9 Å². The maximum absolute atomic E-state index is 12.7. The highest BCUT2D eigenvalue weighted by atomic mass is 32.2. The minimum atomic E-state index is -3.44. The van der Waals surface area contributed by atoms with Crippen LogP contribution < -0.4 is 4.72 Å². The van der Waals surface area contributed by atoms with Crippen LogP contribution >= 0.6 is 0 Å². The molecule has 1 aliphatic carbocycles. The molecular formula is C19H31N3O2S. The van der Waals surface area contributed by atoms with E-state index in [9.17, 15) is 8.42 Å². The average Bonchev–Trinajstić information content (AvgIpc) is 2.64. The van der Waals surface area contributed by atoms with E-state index in [-0.39, 0.29) is 6.04 Å². The fourth-order valence-electron chi connectivity index (χ4n) is 4.19. The summed E-state index contributed by atoms with van der Waals surface area (Å²) < 4.78 is 28.5. The first-order valence-corrected chi connectivity index (χ1v) is 11.1. The minimum absolute atomic E-state index is 0.0247. The number of nitrogens with zero attached hydrogens (tertiary/aromatic N) is 2. The number of sulfonamides is 1. The Labute approximate surface area is 152 Å². The van der Waals surface area contributed by atoms with Gasteiger partial charge in [0.2, 0.25) is 10.0 Å². The second-order valence-corrected chi connectivity index (χ2v) is 8.98. The van der Waals surface area contributed by atoms with Crippen LogP contribution in [0.5, 0.6) is 0 Å². The van der Waals surface area contributed by atoms with Crippen molar-refractivity contribution in [3.63, 3.8) is 0 Å². The van der Waals surface area contributed by atoms with Gasteiger partial charge in [0.1, 0.15) is 0 Å². The number of piperazine rings is 1. The van der Waals surface area contributed by atoms with Gasteiger partial charge in [-0.15, -0.1) is 0 Å². The monoisotopic (exact) mass is 365 g/mol. The largest absolute Gasteiger partial charge is 0.301 e. The van der Waals surface area contributed by atoms with E-state index in [1.807, 2.05) is 6.07 Å². The zero-order valence-corrected chi connectivity index (χ0v) is 16.0. The van der Waals surface area contributed by atoms with Crippen LogP contribution in [0.15, 0.2) is 35.2 Å². The van der Waals surface area contributed by atoms with E-state index >= 15 is 0 Å².